The van der Waals surface area contributed by atoms with E-state index in [0.29, 0.717) is 12.1 Å². The molecule has 1 fully saturated rings. The van der Waals surface area contributed by atoms with Crippen molar-refractivity contribution >= 4 is 5.91 Å². The Balaban J connectivity index is 1.99. The summed E-state index contributed by atoms with van der Waals surface area (Å²) in [5.41, 5.74) is 2.30. The molecule has 1 amide bonds. The molecule has 0 radical (unpaired) electrons. The van der Waals surface area contributed by atoms with Crippen LogP contribution in [0.3, 0.4) is 0 Å². The quantitative estimate of drug-likeness (QED) is 0.845. The topological polar surface area (TPSA) is 29.5 Å². The van der Waals surface area contributed by atoms with Crippen molar-refractivity contribution in [2.45, 2.75) is 59.0 Å². The molecule has 0 bridgehead atoms. The lowest BCUT2D eigenvalue weighted by atomic mass is 9.97. The Morgan fingerprint density at radius 1 is 1.25 bits per heavy atom. The third-order valence-corrected chi connectivity index (χ3v) is 4.39. The molecule has 1 heterocycles. The van der Waals surface area contributed by atoms with Gasteiger partial charge in [-0.1, -0.05) is 12.1 Å². The Labute approximate surface area is 121 Å². The monoisotopic (exact) mass is 275 g/mol. The summed E-state index contributed by atoms with van der Waals surface area (Å²) < 4.78 is 5.74. The Morgan fingerprint density at radius 2 is 1.90 bits per heavy atom. The smallest absolute Gasteiger partial charge is 0.260 e. The molecule has 20 heavy (non-hydrogen) atoms. The van der Waals surface area contributed by atoms with E-state index in [0.717, 1.165) is 24.2 Å². The van der Waals surface area contributed by atoms with Crippen LogP contribution >= 0.6 is 0 Å². The van der Waals surface area contributed by atoms with E-state index in [2.05, 4.69) is 26.8 Å². The Hall–Kier alpha value is -1.51. The zero-order chi connectivity index (χ0) is 14.7. The van der Waals surface area contributed by atoms with Crippen molar-refractivity contribution in [3.8, 4) is 5.75 Å². The van der Waals surface area contributed by atoms with E-state index < -0.39 is 0 Å². The van der Waals surface area contributed by atoms with E-state index in [1.54, 1.807) is 0 Å². The van der Waals surface area contributed by atoms with Crippen LogP contribution in [0, 0.1) is 13.8 Å². The predicted octanol–water partition coefficient (Wildman–Crippen LogP) is 3.47. The normalized spacial score (nSPS) is 22.7. The molecular formula is C17H25NO2. The number of carbonyl (C=O) groups is 1. The lowest BCUT2D eigenvalue weighted by Crippen LogP contribution is -2.49. The van der Waals surface area contributed by atoms with E-state index in [1.807, 2.05) is 24.0 Å². The van der Waals surface area contributed by atoms with E-state index in [1.165, 1.54) is 12.0 Å². The fourth-order valence-electron chi connectivity index (χ4n) is 3.01. The highest BCUT2D eigenvalue weighted by atomic mass is 16.5. The van der Waals surface area contributed by atoms with E-state index in [-0.39, 0.29) is 12.5 Å². The number of aryl methyl sites for hydroxylation is 1. The number of carbonyl (C=O) groups excluding carboxylic acids is 1. The first-order valence-electron chi connectivity index (χ1n) is 7.51. The maximum absolute atomic E-state index is 12.4. The third kappa shape index (κ3) is 3.14. The van der Waals surface area contributed by atoms with Crippen LogP contribution < -0.4 is 4.74 Å². The van der Waals surface area contributed by atoms with Crippen LogP contribution in [0.15, 0.2) is 18.2 Å². The Kier molecular flexibility index (Phi) is 4.69. The lowest BCUT2D eigenvalue weighted by molar-refractivity contribution is -0.139. The van der Waals surface area contributed by atoms with Crippen molar-refractivity contribution in [1.82, 2.24) is 4.90 Å². The molecule has 1 saturated heterocycles. The van der Waals surface area contributed by atoms with Crippen LogP contribution in [-0.4, -0.2) is 29.5 Å². The van der Waals surface area contributed by atoms with Crippen LogP contribution in [0.2, 0.25) is 0 Å². The molecule has 2 unspecified atom stereocenters. The zero-order valence-electron chi connectivity index (χ0n) is 13.0. The van der Waals surface area contributed by atoms with Crippen molar-refractivity contribution in [2.24, 2.45) is 0 Å². The van der Waals surface area contributed by atoms with Crippen LogP contribution in [0.5, 0.6) is 5.75 Å². The summed E-state index contributed by atoms with van der Waals surface area (Å²) in [4.78, 5) is 14.4. The molecule has 2 atom stereocenters. The minimum absolute atomic E-state index is 0.102. The summed E-state index contributed by atoms with van der Waals surface area (Å²) in [6, 6.07) is 6.60. The SMILES string of the molecule is Cc1cccc(OCC(=O)N2C(C)CCCC2C)c1C. The molecule has 1 aromatic carbocycles. The first-order valence-corrected chi connectivity index (χ1v) is 7.51. The van der Waals surface area contributed by atoms with Crippen molar-refractivity contribution in [2.75, 3.05) is 6.61 Å². The van der Waals surface area contributed by atoms with Crippen molar-refractivity contribution in [3.05, 3.63) is 29.3 Å². The van der Waals surface area contributed by atoms with Gasteiger partial charge in [0.05, 0.1) is 0 Å². The summed E-state index contributed by atoms with van der Waals surface area (Å²) in [5, 5.41) is 0. The molecule has 3 nitrogen and oxygen atoms in total. The number of benzene rings is 1. The summed E-state index contributed by atoms with van der Waals surface area (Å²) in [6.07, 6.45) is 3.41. The van der Waals surface area contributed by atoms with Crippen molar-refractivity contribution in [1.29, 1.82) is 0 Å². The van der Waals surface area contributed by atoms with Crippen LogP contribution in [0.25, 0.3) is 0 Å². The molecule has 1 aromatic rings. The first kappa shape index (κ1) is 14.9. The number of amides is 1. The predicted molar refractivity (Wildman–Crippen MR) is 81.0 cm³/mol. The minimum Gasteiger partial charge on any atom is -0.483 e. The van der Waals surface area contributed by atoms with Gasteiger partial charge in [-0.15, -0.1) is 0 Å². The molecule has 0 aliphatic carbocycles. The molecule has 3 heteroatoms. The minimum atomic E-state index is 0.102. The summed E-state index contributed by atoms with van der Waals surface area (Å²) in [5.74, 6) is 0.918. The second-order valence-corrected chi connectivity index (χ2v) is 5.92. The van der Waals surface area contributed by atoms with Gasteiger partial charge in [-0.2, -0.15) is 0 Å². The van der Waals surface area contributed by atoms with Gasteiger partial charge in [0.2, 0.25) is 0 Å². The van der Waals surface area contributed by atoms with Gasteiger partial charge < -0.3 is 9.64 Å². The molecule has 0 N–H and O–H groups in total. The number of rotatable bonds is 3. The van der Waals surface area contributed by atoms with Crippen molar-refractivity contribution < 1.29 is 9.53 Å². The number of hydrogen-bond acceptors (Lipinski definition) is 2. The highest BCUT2D eigenvalue weighted by molar-refractivity contribution is 5.78. The van der Waals surface area contributed by atoms with E-state index >= 15 is 0 Å². The second-order valence-electron chi connectivity index (χ2n) is 5.92. The maximum atomic E-state index is 12.4. The Bertz CT molecular complexity index is 474. The van der Waals surface area contributed by atoms with Gasteiger partial charge in [0, 0.05) is 12.1 Å². The average Bonchev–Trinajstić information content (AvgIpc) is 2.40. The third-order valence-electron chi connectivity index (χ3n) is 4.39. The standard InChI is InChI=1S/C17H25NO2/c1-12-7-5-10-16(15(12)4)20-11-17(19)18-13(2)8-6-9-14(18)3/h5,7,10,13-14H,6,8-9,11H2,1-4H3. The van der Waals surface area contributed by atoms with Crippen LogP contribution in [-0.2, 0) is 4.79 Å². The van der Waals surface area contributed by atoms with Gasteiger partial charge in [-0.25, -0.2) is 0 Å². The van der Waals surface area contributed by atoms with E-state index in [9.17, 15) is 4.79 Å². The van der Waals surface area contributed by atoms with Crippen LogP contribution in [0.1, 0.15) is 44.2 Å². The molecule has 110 valence electrons. The van der Waals surface area contributed by atoms with Gasteiger partial charge in [0.15, 0.2) is 6.61 Å². The molecular weight excluding hydrogens is 250 g/mol. The number of ether oxygens (including phenoxy) is 1. The molecule has 0 saturated carbocycles. The average molecular weight is 275 g/mol. The second kappa shape index (κ2) is 6.29. The van der Waals surface area contributed by atoms with Gasteiger partial charge in [-0.05, 0) is 64.2 Å². The summed E-state index contributed by atoms with van der Waals surface area (Å²) >= 11 is 0. The molecule has 0 spiro atoms. The number of likely N-dealkylation sites (tertiary alicyclic amines) is 1. The van der Waals surface area contributed by atoms with Gasteiger partial charge in [-0.3, -0.25) is 4.79 Å². The first-order chi connectivity index (χ1) is 9.50. The molecule has 1 aliphatic rings. The molecule has 2 rings (SSSR count). The summed E-state index contributed by atoms with van der Waals surface area (Å²) in [6.45, 7) is 8.48. The van der Waals surface area contributed by atoms with Gasteiger partial charge in [0.1, 0.15) is 5.75 Å². The Morgan fingerprint density at radius 3 is 2.55 bits per heavy atom. The number of hydrogen-bond donors (Lipinski definition) is 0. The zero-order valence-corrected chi connectivity index (χ0v) is 13.0. The molecule has 0 aromatic heterocycles. The molecule has 1 aliphatic heterocycles. The van der Waals surface area contributed by atoms with Crippen LogP contribution in [0.4, 0.5) is 0 Å². The fraction of sp³-hybridized carbons (Fsp3) is 0.588. The fourth-order valence-corrected chi connectivity index (χ4v) is 3.01. The number of nitrogens with zero attached hydrogens (tertiary/aromatic N) is 1. The largest absolute Gasteiger partial charge is 0.483 e. The highest BCUT2D eigenvalue weighted by Crippen LogP contribution is 2.24. The highest BCUT2D eigenvalue weighted by Gasteiger charge is 2.29. The van der Waals surface area contributed by atoms with Gasteiger partial charge >= 0.3 is 0 Å². The van der Waals surface area contributed by atoms with Crippen molar-refractivity contribution in [3.63, 3.8) is 0 Å². The van der Waals surface area contributed by atoms with E-state index in [4.69, 9.17) is 4.74 Å². The maximum Gasteiger partial charge on any atom is 0.260 e. The van der Waals surface area contributed by atoms with Gasteiger partial charge in [0.25, 0.3) is 5.91 Å². The number of piperidine rings is 1. The summed E-state index contributed by atoms with van der Waals surface area (Å²) in [7, 11) is 0. The lowest BCUT2D eigenvalue weighted by Gasteiger charge is -2.39.